The van der Waals surface area contributed by atoms with Crippen molar-refractivity contribution >= 4 is 17.2 Å². The zero-order valence-corrected chi connectivity index (χ0v) is 11.8. The average Bonchev–Trinajstić information content (AvgIpc) is 2.97. The number of aromatic nitrogens is 1. The molecule has 1 aromatic heterocycles. The number of thiazole rings is 1. The Bertz CT molecular complexity index is 654. The number of benzene rings is 1. The van der Waals surface area contributed by atoms with Crippen molar-refractivity contribution in [3.8, 4) is 11.8 Å². The Hall–Kier alpha value is -2.16. The first-order valence-corrected chi connectivity index (χ1v) is 6.94. The van der Waals surface area contributed by atoms with Gasteiger partial charge in [0.25, 0.3) is 5.91 Å². The second kappa shape index (κ2) is 6.85. The van der Waals surface area contributed by atoms with Gasteiger partial charge in [0, 0.05) is 22.2 Å². The monoisotopic (exact) mass is 286 g/mol. The molecule has 1 aromatic carbocycles. The normalized spacial score (nSPS) is 9.70. The molecule has 0 saturated carbocycles. The fourth-order valence-electron chi connectivity index (χ4n) is 1.63. The van der Waals surface area contributed by atoms with Gasteiger partial charge in [-0.2, -0.15) is 0 Å². The quantitative estimate of drug-likeness (QED) is 0.845. The minimum absolute atomic E-state index is 0.148. The van der Waals surface area contributed by atoms with E-state index in [1.54, 1.807) is 23.8 Å². The minimum Gasteiger partial charge on any atom is -0.384 e. The van der Waals surface area contributed by atoms with E-state index in [4.69, 9.17) is 5.11 Å². The molecule has 20 heavy (non-hydrogen) atoms. The predicted octanol–water partition coefficient (Wildman–Crippen LogP) is 1.73. The Morgan fingerprint density at radius 3 is 3.05 bits per heavy atom. The summed E-state index contributed by atoms with van der Waals surface area (Å²) in [5.41, 5.74) is 4.02. The van der Waals surface area contributed by atoms with Crippen LogP contribution in [0, 0.1) is 18.8 Å². The van der Waals surface area contributed by atoms with Gasteiger partial charge >= 0.3 is 0 Å². The fourth-order valence-corrected chi connectivity index (χ4v) is 2.17. The lowest BCUT2D eigenvalue weighted by Crippen LogP contribution is -2.22. The number of nitrogens with one attached hydrogen (secondary N) is 1. The van der Waals surface area contributed by atoms with Crippen LogP contribution in [0.25, 0.3) is 0 Å². The molecule has 2 aromatic rings. The first kappa shape index (κ1) is 14.3. The number of carbonyl (C=O) groups is 1. The number of aliphatic hydroxyl groups is 1. The molecular formula is C15H14N2O2S. The maximum absolute atomic E-state index is 12.1. The summed E-state index contributed by atoms with van der Waals surface area (Å²) in [4.78, 5) is 17.0. The van der Waals surface area contributed by atoms with E-state index in [2.05, 4.69) is 22.1 Å². The summed E-state index contributed by atoms with van der Waals surface area (Å²) in [6, 6.07) is 5.35. The molecule has 0 spiro atoms. The molecule has 0 atom stereocenters. The van der Waals surface area contributed by atoms with E-state index in [-0.39, 0.29) is 12.5 Å². The molecule has 0 saturated heterocycles. The minimum atomic E-state index is -0.193. The summed E-state index contributed by atoms with van der Waals surface area (Å²) in [7, 11) is 0. The molecule has 4 nitrogen and oxygen atoms in total. The van der Waals surface area contributed by atoms with Gasteiger partial charge in [0.2, 0.25) is 0 Å². The van der Waals surface area contributed by atoms with Gasteiger partial charge in [-0.3, -0.25) is 9.78 Å². The summed E-state index contributed by atoms with van der Waals surface area (Å²) in [6.45, 7) is 2.19. The number of aryl methyl sites for hydroxylation is 1. The summed E-state index contributed by atoms with van der Waals surface area (Å²) in [6.07, 6.45) is 1.73. The Labute approximate surface area is 121 Å². The van der Waals surface area contributed by atoms with Crippen LogP contribution in [-0.2, 0) is 6.54 Å². The molecule has 0 radical (unpaired) electrons. The van der Waals surface area contributed by atoms with Crippen molar-refractivity contribution in [1.29, 1.82) is 0 Å². The first-order valence-electron chi connectivity index (χ1n) is 6.06. The van der Waals surface area contributed by atoms with Gasteiger partial charge < -0.3 is 10.4 Å². The highest BCUT2D eigenvalue weighted by molar-refractivity contribution is 7.09. The zero-order valence-electron chi connectivity index (χ0n) is 11.0. The number of rotatable bonds is 3. The van der Waals surface area contributed by atoms with E-state index in [1.807, 2.05) is 13.0 Å². The fraction of sp³-hybridized carbons (Fsp3) is 0.200. The number of carbonyl (C=O) groups excluding carboxylic acids is 1. The molecule has 1 amide bonds. The summed E-state index contributed by atoms with van der Waals surface area (Å²) in [5, 5.41) is 11.6. The van der Waals surface area contributed by atoms with Gasteiger partial charge in [0.05, 0.1) is 12.1 Å². The molecule has 5 heteroatoms. The molecule has 1 heterocycles. The van der Waals surface area contributed by atoms with Crippen molar-refractivity contribution in [1.82, 2.24) is 10.3 Å². The summed E-state index contributed by atoms with van der Waals surface area (Å²) in [5.74, 6) is 5.29. The van der Waals surface area contributed by atoms with E-state index >= 15 is 0 Å². The lowest BCUT2D eigenvalue weighted by molar-refractivity contribution is 0.0951. The Kier molecular flexibility index (Phi) is 4.88. The van der Waals surface area contributed by atoms with Crippen molar-refractivity contribution in [2.24, 2.45) is 0 Å². The van der Waals surface area contributed by atoms with Crippen molar-refractivity contribution in [3.63, 3.8) is 0 Å². The largest absolute Gasteiger partial charge is 0.384 e. The Morgan fingerprint density at radius 2 is 2.35 bits per heavy atom. The maximum atomic E-state index is 12.1. The number of amides is 1. The first-order chi connectivity index (χ1) is 9.70. The number of nitrogens with zero attached hydrogens (tertiary/aromatic N) is 1. The highest BCUT2D eigenvalue weighted by Gasteiger charge is 2.07. The molecule has 2 rings (SSSR count). The van der Waals surface area contributed by atoms with Gasteiger partial charge in [0.15, 0.2) is 0 Å². The van der Waals surface area contributed by atoms with Gasteiger partial charge in [-0.1, -0.05) is 17.9 Å². The number of hydrogen-bond acceptors (Lipinski definition) is 4. The Morgan fingerprint density at radius 1 is 1.50 bits per heavy atom. The molecule has 2 N–H and O–H groups in total. The standard InChI is InChI=1S/C15H14N2O2S/c1-11-4-5-13(7-12(11)3-2-6-18)15(19)17-9-14-8-16-10-20-14/h4-5,7-8,10,18H,6,9H2,1H3,(H,17,19). The molecule has 0 aliphatic rings. The Balaban J connectivity index is 2.09. The molecule has 0 bridgehead atoms. The third-order valence-corrected chi connectivity index (χ3v) is 3.49. The van der Waals surface area contributed by atoms with Crippen LogP contribution in [0.2, 0.25) is 0 Å². The SMILES string of the molecule is Cc1ccc(C(=O)NCc2cncs2)cc1C#CCO. The van der Waals surface area contributed by atoms with E-state index < -0.39 is 0 Å². The molecule has 0 unspecified atom stereocenters. The van der Waals surface area contributed by atoms with Crippen LogP contribution in [0.3, 0.4) is 0 Å². The van der Waals surface area contributed by atoms with Gasteiger partial charge in [0.1, 0.15) is 6.61 Å². The average molecular weight is 286 g/mol. The van der Waals surface area contributed by atoms with Gasteiger partial charge in [-0.15, -0.1) is 11.3 Å². The van der Waals surface area contributed by atoms with Crippen LogP contribution in [0.1, 0.15) is 26.4 Å². The highest BCUT2D eigenvalue weighted by atomic mass is 32.1. The third-order valence-electron chi connectivity index (χ3n) is 2.71. The number of aliphatic hydroxyl groups excluding tert-OH is 1. The summed E-state index contributed by atoms with van der Waals surface area (Å²) < 4.78 is 0. The topological polar surface area (TPSA) is 62.2 Å². The molecule has 0 aliphatic heterocycles. The van der Waals surface area contributed by atoms with E-state index in [1.165, 1.54) is 11.3 Å². The van der Waals surface area contributed by atoms with Gasteiger partial charge in [-0.25, -0.2) is 0 Å². The third kappa shape index (κ3) is 3.67. The second-order valence-electron chi connectivity index (χ2n) is 4.14. The van der Waals surface area contributed by atoms with E-state index in [9.17, 15) is 4.79 Å². The molecule has 0 fully saturated rings. The molecule has 0 aliphatic carbocycles. The molecular weight excluding hydrogens is 272 g/mol. The van der Waals surface area contributed by atoms with Crippen molar-refractivity contribution in [2.75, 3.05) is 6.61 Å². The smallest absolute Gasteiger partial charge is 0.251 e. The number of hydrogen-bond donors (Lipinski definition) is 2. The van der Waals surface area contributed by atoms with Crippen molar-refractivity contribution < 1.29 is 9.90 Å². The van der Waals surface area contributed by atoms with Crippen LogP contribution in [-0.4, -0.2) is 22.6 Å². The van der Waals surface area contributed by atoms with Crippen molar-refractivity contribution in [3.05, 3.63) is 51.5 Å². The van der Waals surface area contributed by atoms with Crippen molar-refractivity contribution in [2.45, 2.75) is 13.5 Å². The van der Waals surface area contributed by atoms with Crippen LogP contribution in [0.5, 0.6) is 0 Å². The highest BCUT2D eigenvalue weighted by Crippen LogP contribution is 2.11. The summed E-state index contributed by atoms with van der Waals surface area (Å²) >= 11 is 1.50. The van der Waals surface area contributed by atoms with E-state index in [0.29, 0.717) is 12.1 Å². The van der Waals surface area contributed by atoms with Crippen LogP contribution in [0.4, 0.5) is 0 Å². The maximum Gasteiger partial charge on any atom is 0.251 e. The van der Waals surface area contributed by atoms with Crippen LogP contribution < -0.4 is 5.32 Å². The van der Waals surface area contributed by atoms with Crippen LogP contribution >= 0.6 is 11.3 Å². The zero-order chi connectivity index (χ0) is 14.4. The lowest BCUT2D eigenvalue weighted by Gasteiger charge is -2.05. The van der Waals surface area contributed by atoms with E-state index in [0.717, 1.165) is 16.0 Å². The van der Waals surface area contributed by atoms with Crippen LogP contribution in [0.15, 0.2) is 29.9 Å². The lowest BCUT2D eigenvalue weighted by atomic mass is 10.0. The van der Waals surface area contributed by atoms with Gasteiger partial charge in [-0.05, 0) is 24.6 Å². The molecule has 102 valence electrons. The second-order valence-corrected chi connectivity index (χ2v) is 5.11. The predicted molar refractivity (Wildman–Crippen MR) is 78.4 cm³/mol.